The molecule has 0 saturated carbocycles. The molecule has 0 spiro atoms. The highest BCUT2D eigenvalue weighted by atomic mass is 16.1. The second kappa shape index (κ2) is 7.78. The molecule has 26 heavy (non-hydrogen) atoms. The Balaban J connectivity index is 2.19. The van der Waals surface area contributed by atoms with E-state index in [2.05, 4.69) is 50.2 Å². The molecule has 0 N–H and O–H groups in total. The standard InChI is InChI=1S/C25H32O/c1-5-7-15-25(16-8-6-2)22-12-10-9-11-20(22)21-14-13-19(17-23(21)25)24(26)18(3)4/h9-14,17-18H,5-8,15-16H2,1-4H3. The Bertz CT molecular complexity index is 776. The van der Waals surface area contributed by atoms with Crippen LogP contribution in [0.2, 0.25) is 0 Å². The molecular weight excluding hydrogens is 316 g/mol. The van der Waals surface area contributed by atoms with Gasteiger partial charge >= 0.3 is 0 Å². The number of fused-ring (bicyclic) bond motifs is 3. The van der Waals surface area contributed by atoms with E-state index < -0.39 is 0 Å². The van der Waals surface area contributed by atoms with Crippen LogP contribution in [0.15, 0.2) is 42.5 Å². The molecule has 0 atom stereocenters. The van der Waals surface area contributed by atoms with Crippen LogP contribution in [0.4, 0.5) is 0 Å². The monoisotopic (exact) mass is 348 g/mol. The van der Waals surface area contributed by atoms with Crippen LogP contribution in [0.1, 0.15) is 87.7 Å². The van der Waals surface area contributed by atoms with Gasteiger partial charge < -0.3 is 0 Å². The van der Waals surface area contributed by atoms with Gasteiger partial charge in [0.05, 0.1) is 0 Å². The third kappa shape index (κ3) is 3.13. The molecule has 2 aromatic rings. The van der Waals surface area contributed by atoms with Crippen molar-refractivity contribution in [3.8, 4) is 11.1 Å². The number of hydrogen-bond acceptors (Lipinski definition) is 1. The van der Waals surface area contributed by atoms with Crippen molar-refractivity contribution in [3.05, 3.63) is 59.2 Å². The van der Waals surface area contributed by atoms with Crippen LogP contribution < -0.4 is 0 Å². The van der Waals surface area contributed by atoms with Crippen LogP contribution in [0.5, 0.6) is 0 Å². The van der Waals surface area contributed by atoms with E-state index in [9.17, 15) is 4.79 Å². The van der Waals surface area contributed by atoms with Gasteiger partial charge in [-0.05, 0) is 41.2 Å². The molecule has 0 unspecified atom stereocenters. The number of carbonyl (C=O) groups is 1. The molecule has 0 amide bonds. The molecule has 0 heterocycles. The first-order valence-electron chi connectivity index (χ1n) is 10.3. The molecule has 1 aliphatic carbocycles. The summed E-state index contributed by atoms with van der Waals surface area (Å²) in [7, 11) is 0. The van der Waals surface area contributed by atoms with Crippen molar-refractivity contribution < 1.29 is 4.79 Å². The van der Waals surface area contributed by atoms with E-state index in [1.807, 2.05) is 19.9 Å². The van der Waals surface area contributed by atoms with E-state index in [1.54, 1.807) is 0 Å². The number of unbranched alkanes of at least 4 members (excludes halogenated alkanes) is 2. The second-order valence-corrected chi connectivity index (χ2v) is 8.11. The van der Waals surface area contributed by atoms with Crippen LogP contribution in [-0.2, 0) is 5.41 Å². The lowest BCUT2D eigenvalue weighted by molar-refractivity contribution is 0.0939. The summed E-state index contributed by atoms with van der Waals surface area (Å²) in [6.45, 7) is 8.53. The highest BCUT2D eigenvalue weighted by Gasteiger charge is 2.42. The first-order valence-corrected chi connectivity index (χ1v) is 10.3. The van der Waals surface area contributed by atoms with Crippen molar-refractivity contribution in [2.24, 2.45) is 5.92 Å². The van der Waals surface area contributed by atoms with E-state index >= 15 is 0 Å². The fraction of sp³-hybridized carbons (Fsp3) is 0.480. The number of rotatable bonds is 8. The highest BCUT2D eigenvalue weighted by molar-refractivity contribution is 5.99. The SMILES string of the molecule is CCCCC1(CCCC)c2ccccc2-c2ccc(C(=O)C(C)C)cc21. The summed E-state index contributed by atoms with van der Waals surface area (Å²) in [4.78, 5) is 12.7. The molecule has 2 aromatic carbocycles. The van der Waals surface area contributed by atoms with E-state index in [0.717, 1.165) is 5.56 Å². The molecule has 0 bridgehead atoms. The Morgan fingerprint density at radius 3 is 2.12 bits per heavy atom. The normalized spacial score (nSPS) is 14.3. The van der Waals surface area contributed by atoms with Crippen LogP contribution in [0.3, 0.4) is 0 Å². The molecule has 138 valence electrons. The smallest absolute Gasteiger partial charge is 0.165 e. The maximum Gasteiger partial charge on any atom is 0.165 e. The largest absolute Gasteiger partial charge is 0.294 e. The molecule has 1 heteroatoms. The van der Waals surface area contributed by atoms with Gasteiger partial charge in [0.25, 0.3) is 0 Å². The van der Waals surface area contributed by atoms with E-state index in [0.29, 0.717) is 0 Å². The van der Waals surface area contributed by atoms with Crippen molar-refractivity contribution in [3.63, 3.8) is 0 Å². The Morgan fingerprint density at radius 1 is 0.885 bits per heavy atom. The lowest BCUT2D eigenvalue weighted by atomic mass is 9.70. The number of benzene rings is 2. The third-order valence-corrected chi connectivity index (χ3v) is 5.99. The van der Waals surface area contributed by atoms with Gasteiger partial charge in [-0.2, -0.15) is 0 Å². The predicted molar refractivity (Wildman–Crippen MR) is 111 cm³/mol. The summed E-state index contributed by atoms with van der Waals surface area (Å²) < 4.78 is 0. The molecule has 1 aliphatic rings. The zero-order chi connectivity index (χ0) is 18.7. The van der Waals surface area contributed by atoms with E-state index in [1.165, 1.54) is 60.8 Å². The van der Waals surface area contributed by atoms with E-state index in [-0.39, 0.29) is 17.1 Å². The number of ketones is 1. The van der Waals surface area contributed by atoms with Crippen molar-refractivity contribution in [1.29, 1.82) is 0 Å². The minimum absolute atomic E-state index is 0.0394. The van der Waals surface area contributed by atoms with Gasteiger partial charge in [0.1, 0.15) is 0 Å². The molecule has 3 rings (SSSR count). The molecule has 0 aliphatic heterocycles. The summed E-state index contributed by atoms with van der Waals surface area (Å²) in [5.41, 5.74) is 6.54. The lowest BCUT2D eigenvalue weighted by Gasteiger charge is -2.33. The Hall–Kier alpha value is -1.89. The summed E-state index contributed by atoms with van der Waals surface area (Å²) >= 11 is 0. The first kappa shape index (κ1) is 18.9. The van der Waals surface area contributed by atoms with Gasteiger partial charge in [0.15, 0.2) is 5.78 Å². The van der Waals surface area contributed by atoms with Crippen LogP contribution in [0, 0.1) is 5.92 Å². The van der Waals surface area contributed by atoms with Gasteiger partial charge in [-0.15, -0.1) is 0 Å². The second-order valence-electron chi connectivity index (χ2n) is 8.11. The zero-order valence-electron chi connectivity index (χ0n) is 16.8. The van der Waals surface area contributed by atoms with Crippen molar-refractivity contribution >= 4 is 5.78 Å². The molecule has 0 radical (unpaired) electrons. The fourth-order valence-electron chi connectivity index (χ4n) is 4.56. The lowest BCUT2D eigenvalue weighted by Crippen LogP contribution is -2.26. The topological polar surface area (TPSA) is 17.1 Å². The molecular formula is C25H32O. The highest BCUT2D eigenvalue weighted by Crippen LogP contribution is 2.54. The summed E-state index contributed by atoms with van der Waals surface area (Å²) in [5, 5.41) is 0. The number of Topliss-reactive ketones (excluding diaryl/α,β-unsaturated/α-hetero) is 1. The van der Waals surface area contributed by atoms with E-state index in [4.69, 9.17) is 0 Å². The Kier molecular flexibility index (Phi) is 5.65. The number of hydrogen-bond donors (Lipinski definition) is 0. The minimum atomic E-state index is 0.0394. The molecule has 0 saturated heterocycles. The number of carbonyl (C=O) groups excluding carboxylic acids is 1. The van der Waals surface area contributed by atoms with Gasteiger partial charge in [-0.3, -0.25) is 4.79 Å². The van der Waals surface area contributed by atoms with Crippen LogP contribution in [0.25, 0.3) is 11.1 Å². The van der Waals surface area contributed by atoms with Gasteiger partial charge in [-0.25, -0.2) is 0 Å². The van der Waals surface area contributed by atoms with Crippen molar-refractivity contribution in [2.45, 2.75) is 71.6 Å². The van der Waals surface area contributed by atoms with Crippen LogP contribution in [-0.4, -0.2) is 5.78 Å². The minimum Gasteiger partial charge on any atom is -0.294 e. The average Bonchev–Trinajstić information content (AvgIpc) is 2.94. The molecule has 0 fully saturated rings. The van der Waals surface area contributed by atoms with Gasteiger partial charge in [0, 0.05) is 16.9 Å². The van der Waals surface area contributed by atoms with Crippen LogP contribution >= 0.6 is 0 Å². The Labute approximate surface area is 158 Å². The summed E-state index contributed by atoms with van der Waals surface area (Å²) in [5.74, 6) is 0.293. The summed E-state index contributed by atoms with van der Waals surface area (Å²) in [6, 6.07) is 15.4. The maximum atomic E-state index is 12.7. The average molecular weight is 349 g/mol. The zero-order valence-corrected chi connectivity index (χ0v) is 16.8. The van der Waals surface area contributed by atoms with Crippen molar-refractivity contribution in [2.75, 3.05) is 0 Å². The maximum absolute atomic E-state index is 12.7. The van der Waals surface area contributed by atoms with Gasteiger partial charge in [0.2, 0.25) is 0 Å². The van der Waals surface area contributed by atoms with Gasteiger partial charge in [-0.1, -0.05) is 89.8 Å². The summed E-state index contributed by atoms with van der Waals surface area (Å²) in [6.07, 6.45) is 7.20. The van der Waals surface area contributed by atoms with Crippen molar-refractivity contribution in [1.82, 2.24) is 0 Å². The predicted octanol–water partition coefficient (Wildman–Crippen LogP) is 7.17. The third-order valence-electron chi connectivity index (χ3n) is 5.99. The fourth-order valence-corrected chi connectivity index (χ4v) is 4.56. The Morgan fingerprint density at radius 2 is 1.50 bits per heavy atom. The molecule has 0 aromatic heterocycles. The molecule has 1 nitrogen and oxygen atoms in total. The first-order chi connectivity index (χ1) is 12.5. The quantitative estimate of drug-likeness (QED) is 0.462.